The van der Waals surface area contributed by atoms with Gasteiger partial charge in [-0.2, -0.15) is 13.2 Å². The van der Waals surface area contributed by atoms with E-state index in [1.807, 2.05) is 0 Å². The van der Waals surface area contributed by atoms with Gasteiger partial charge in [0, 0.05) is 19.4 Å². The molecule has 0 saturated heterocycles. The van der Waals surface area contributed by atoms with Gasteiger partial charge < -0.3 is 5.32 Å². The SMILES string of the molecule is CNC(=O)c1cn2cc(-c3ccc(C(F)(F)F)cc3)sc2n1. The number of nitrogens with one attached hydrogen (secondary N) is 1. The molecule has 3 rings (SSSR count). The first-order chi connectivity index (χ1) is 10.4. The van der Waals surface area contributed by atoms with E-state index in [4.69, 9.17) is 0 Å². The lowest BCUT2D eigenvalue weighted by atomic mass is 10.1. The van der Waals surface area contributed by atoms with Gasteiger partial charge in [0.05, 0.1) is 10.4 Å². The number of thiazole rings is 1. The molecule has 0 aliphatic heterocycles. The monoisotopic (exact) mass is 325 g/mol. The maximum atomic E-state index is 12.5. The highest BCUT2D eigenvalue weighted by atomic mass is 32.1. The highest BCUT2D eigenvalue weighted by molar-refractivity contribution is 7.20. The van der Waals surface area contributed by atoms with Crippen LogP contribution >= 0.6 is 11.3 Å². The summed E-state index contributed by atoms with van der Waals surface area (Å²) in [5.74, 6) is -0.285. The standard InChI is InChI=1S/C14H10F3N3OS/c1-18-12(21)10-6-20-7-11(22-13(20)19-10)8-2-4-9(5-3-8)14(15,16)17/h2-7H,1H3,(H,18,21). The van der Waals surface area contributed by atoms with Crippen molar-refractivity contribution in [2.45, 2.75) is 6.18 Å². The first-order valence-electron chi connectivity index (χ1n) is 6.27. The van der Waals surface area contributed by atoms with Crippen molar-refractivity contribution in [2.75, 3.05) is 7.05 Å². The molecule has 3 aromatic rings. The molecule has 0 fully saturated rings. The molecule has 0 spiro atoms. The number of amides is 1. The van der Waals surface area contributed by atoms with Gasteiger partial charge in [-0.05, 0) is 17.7 Å². The molecule has 0 radical (unpaired) electrons. The Hall–Kier alpha value is -2.35. The lowest BCUT2D eigenvalue weighted by Gasteiger charge is -2.06. The van der Waals surface area contributed by atoms with Gasteiger partial charge in [0.2, 0.25) is 0 Å². The van der Waals surface area contributed by atoms with E-state index in [-0.39, 0.29) is 5.91 Å². The molecule has 0 aliphatic rings. The number of hydrogen-bond donors (Lipinski definition) is 1. The fraction of sp³-hybridized carbons (Fsp3) is 0.143. The maximum absolute atomic E-state index is 12.5. The Morgan fingerprint density at radius 2 is 1.91 bits per heavy atom. The van der Waals surface area contributed by atoms with Crippen LogP contribution < -0.4 is 5.32 Å². The van der Waals surface area contributed by atoms with Crippen molar-refractivity contribution in [3.63, 3.8) is 0 Å². The Bertz CT molecular complexity index is 802. The van der Waals surface area contributed by atoms with E-state index in [2.05, 4.69) is 10.3 Å². The van der Waals surface area contributed by atoms with E-state index in [0.717, 1.165) is 17.0 Å². The van der Waals surface area contributed by atoms with Crippen LogP contribution in [0, 0.1) is 0 Å². The molecule has 1 N–H and O–H groups in total. The molecule has 1 amide bonds. The van der Waals surface area contributed by atoms with Crippen LogP contribution in [-0.2, 0) is 6.18 Å². The first-order valence-corrected chi connectivity index (χ1v) is 7.08. The second kappa shape index (κ2) is 5.13. The summed E-state index contributed by atoms with van der Waals surface area (Å²) in [5.41, 5.74) is 0.289. The second-order valence-corrected chi connectivity index (χ2v) is 5.57. The van der Waals surface area contributed by atoms with E-state index < -0.39 is 11.7 Å². The number of halogens is 3. The van der Waals surface area contributed by atoms with Gasteiger partial charge in [0.1, 0.15) is 5.69 Å². The van der Waals surface area contributed by atoms with Crippen LogP contribution in [0.15, 0.2) is 36.7 Å². The Morgan fingerprint density at radius 3 is 2.45 bits per heavy atom. The highest BCUT2D eigenvalue weighted by Crippen LogP contribution is 2.33. The van der Waals surface area contributed by atoms with Crippen molar-refractivity contribution in [2.24, 2.45) is 0 Å². The number of imidazole rings is 1. The molecule has 8 heteroatoms. The van der Waals surface area contributed by atoms with Crippen LogP contribution in [0.1, 0.15) is 16.1 Å². The largest absolute Gasteiger partial charge is 0.416 e. The minimum Gasteiger partial charge on any atom is -0.354 e. The van der Waals surface area contributed by atoms with Crippen LogP contribution in [0.3, 0.4) is 0 Å². The van der Waals surface area contributed by atoms with E-state index in [1.54, 1.807) is 16.8 Å². The number of rotatable bonds is 2. The summed E-state index contributed by atoms with van der Waals surface area (Å²) in [5, 5.41) is 2.48. The summed E-state index contributed by atoms with van der Waals surface area (Å²) in [4.78, 5) is 17.0. The third-order valence-corrected chi connectivity index (χ3v) is 4.16. The Balaban J connectivity index is 1.93. The van der Waals surface area contributed by atoms with Crippen molar-refractivity contribution in [1.82, 2.24) is 14.7 Å². The Morgan fingerprint density at radius 1 is 1.23 bits per heavy atom. The lowest BCUT2D eigenvalue weighted by molar-refractivity contribution is -0.137. The number of alkyl halides is 3. The van der Waals surface area contributed by atoms with Crippen molar-refractivity contribution in [3.8, 4) is 10.4 Å². The molecule has 22 heavy (non-hydrogen) atoms. The molecule has 4 nitrogen and oxygen atoms in total. The fourth-order valence-electron chi connectivity index (χ4n) is 1.99. The van der Waals surface area contributed by atoms with Gasteiger partial charge in [-0.25, -0.2) is 4.98 Å². The average molecular weight is 325 g/mol. The molecular weight excluding hydrogens is 315 g/mol. The normalized spacial score (nSPS) is 11.8. The summed E-state index contributed by atoms with van der Waals surface area (Å²) in [6.45, 7) is 0. The Labute approximate surface area is 127 Å². The number of hydrogen-bond acceptors (Lipinski definition) is 3. The second-order valence-electron chi connectivity index (χ2n) is 4.57. The molecule has 0 atom stereocenters. The van der Waals surface area contributed by atoms with Gasteiger partial charge in [-0.1, -0.05) is 23.5 Å². The third kappa shape index (κ3) is 2.57. The number of carbonyl (C=O) groups excluding carboxylic acids is 1. The van der Waals surface area contributed by atoms with Crippen LogP contribution in [0.5, 0.6) is 0 Å². The molecule has 0 saturated carbocycles. The van der Waals surface area contributed by atoms with E-state index >= 15 is 0 Å². The Kier molecular flexibility index (Phi) is 3.40. The van der Waals surface area contributed by atoms with Gasteiger partial charge in [-0.15, -0.1) is 0 Å². The van der Waals surface area contributed by atoms with Crippen molar-refractivity contribution in [1.29, 1.82) is 0 Å². The maximum Gasteiger partial charge on any atom is 0.416 e. The summed E-state index contributed by atoms with van der Waals surface area (Å²) < 4.78 is 39.3. The molecular formula is C14H10F3N3OS. The summed E-state index contributed by atoms with van der Waals surface area (Å²) in [7, 11) is 1.52. The number of benzene rings is 1. The predicted molar refractivity (Wildman–Crippen MR) is 76.9 cm³/mol. The molecule has 0 unspecified atom stereocenters. The minimum absolute atomic E-state index is 0.285. The fourth-order valence-corrected chi connectivity index (χ4v) is 2.96. The molecule has 1 aromatic carbocycles. The number of aromatic nitrogens is 2. The number of nitrogens with zero attached hydrogens (tertiary/aromatic N) is 2. The van der Waals surface area contributed by atoms with E-state index in [0.29, 0.717) is 16.2 Å². The van der Waals surface area contributed by atoms with Crippen molar-refractivity contribution in [3.05, 3.63) is 47.9 Å². The van der Waals surface area contributed by atoms with Crippen molar-refractivity contribution >= 4 is 22.2 Å². The average Bonchev–Trinajstić information content (AvgIpc) is 3.04. The number of carbonyl (C=O) groups is 1. The minimum atomic E-state index is -4.34. The zero-order valence-electron chi connectivity index (χ0n) is 11.3. The summed E-state index contributed by atoms with van der Waals surface area (Å²) in [6.07, 6.45) is -1.02. The van der Waals surface area contributed by atoms with Crippen LogP contribution in [0.2, 0.25) is 0 Å². The van der Waals surface area contributed by atoms with E-state index in [1.165, 1.54) is 30.5 Å². The van der Waals surface area contributed by atoms with E-state index in [9.17, 15) is 18.0 Å². The summed E-state index contributed by atoms with van der Waals surface area (Å²) in [6, 6.07) is 4.95. The molecule has 0 bridgehead atoms. The third-order valence-electron chi connectivity index (χ3n) is 3.11. The summed E-state index contributed by atoms with van der Waals surface area (Å²) >= 11 is 1.30. The van der Waals surface area contributed by atoms with Crippen LogP contribution in [0.4, 0.5) is 13.2 Å². The van der Waals surface area contributed by atoms with Gasteiger partial charge in [0.15, 0.2) is 4.96 Å². The molecule has 2 aromatic heterocycles. The zero-order chi connectivity index (χ0) is 15.9. The van der Waals surface area contributed by atoms with Crippen molar-refractivity contribution < 1.29 is 18.0 Å². The lowest BCUT2D eigenvalue weighted by Crippen LogP contribution is -2.17. The van der Waals surface area contributed by atoms with Gasteiger partial charge in [-0.3, -0.25) is 9.20 Å². The first kappa shape index (κ1) is 14.6. The smallest absolute Gasteiger partial charge is 0.354 e. The predicted octanol–water partition coefficient (Wildman–Crippen LogP) is 3.44. The van der Waals surface area contributed by atoms with Gasteiger partial charge in [0.25, 0.3) is 5.91 Å². The van der Waals surface area contributed by atoms with Crippen LogP contribution in [-0.4, -0.2) is 22.3 Å². The van der Waals surface area contributed by atoms with Gasteiger partial charge >= 0.3 is 6.18 Å². The highest BCUT2D eigenvalue weighted by Gasteiger charge is 2.30. The number of fused-ring (bicyclic) bond motifs is 1. The molecule has 114 valence electrons. The quantitative estimate of drug-likeness (QED) is 0.784. The molecule has 0 aliphatic carbocycles. The zero-order valence-corrected chi connectivity index (χ0v) is 12.1. The topological polar surface area (TPSA) is 46.4 Å². The van der Waals surface area contributed by atoms with Crippen LogP contribution in [0.25, 0.3) is 15.4 Å². The molecule has 2 heterocycles.